The Morgan fingerprint density at radius 1 is 1.10 bits per heavy atom. The van der Waals surface area contributed by atoms with Crippen molar-refractivity contribution in [3.05, 3.63) is 64.6 Å². The average Bonchev–Trinajstić information content (AvgIpc) is 2.49. The van der Waals surface area contributed by atoms with Gasteiger partial charge in [0.2, 0.25) is 0 Å². The lowest BCUT2D eigenvalue weighted by atomic mass is 9.92. The van der Waals surface area contributed by atoms with Crippen LogP contribution in [-0.4, -0.2) is 13.7 Å². The molecule has 2 aromatic rings. The maximum Gasteiger partial charge on any atom is 0.120 e. The Hall–Kier alpha value is -1.32. The van der Waals surface area contributed by atoms with Crippen LogP contribution in [0, 0.1) is 5.92 Å². The highest BCUT2D eigenvalue weighted by Gasteiger charge is 2.17. The number of halogens is 1. The first kappa shape index (κ1) is 16.1. The molecule has 112 valence electrons. The largest absolute Gasteiger partial charge is 0.494 e. The average molecular weight is 348 g/mol. The highest BCUT2D eigenvalue weighted by Crippen LogP contribution is 2.24. The van der Waals surface area contributed by atoms with Crippen molar-refractivity contribution in [1.29, 1.82) is 0 Å². The first-order chi connectivity index (χ1) is 10.2. The zero-order chi connectivity index (χ0) is 15.1. The second kappa shape index (κ2) is 8.20. The molecule has 0 spiro atoms. The Balaban J connectivity index is 1.87. The Morgan fingerprint density at radius 2 is 1.86 bits per heavy atom. The summed E-state index contributed by atoms with van der Waals surface area (Å²) in [6.07, 6.45) is 1.01. The fourth-order valence-electron chi connectivity index (χ4n) is 2.53. The predicted octanol–water partition coefficient (Wildman–Crippen LogP) is 4.81. The van der Waals surface area contributed by atoms with Crippen LogP contribution in [-0.2, 0) is 0 Å². The molecule has 2 rings (SSSR count). The van der Waals surface area contributed by atoms with Gasteiger partial charge in [0, 0.05) is 10.5 Å². The van der Waals surface area contributed by atoms with Gasteiger partial charge >= 0.3 is 0 Å². The number of rotatable bonds is 7. The van der Waals surface area contributed by atoms with E-state index < -0.39 is 0 Å². The Kier molecular flexibility index (Phi) is 6.27. The molecule has 0 saturated carbocycles. The number of hydrogen-bond acceptors (Lipinski definition) is 2. The summed E-state index contributed by atoms with van der Waals surface area (Å²) >= 11 is 3.46. The van der Waals surface area contributed by atoms with Crippen LogP contribution < -0.4 is 10.1 Å². The summed E-state index contributed by atoms with van der Waals surface area (Å²) in [6.45, 7) is 2.99. The molecule has 2 aromatic carbocycles. The second-order valence-corrected chi connectivity index (χ2v) is 6.16. The van der Waals surface area contributed by atoms with E-state index in [1.54, 1.807) is 0 Å². The molecule has 0 heterocycles. The summed E-state index contributed by atoms with van der Waals surface area (Å²) in [7, 11) is 2.02. The van der Waals surface area contributed by atoms with E-state index >= 15 is 0 Å². The molecule has 2 atom stereocenters. The maximum atomic E-state index is 5.83. The molecular weight excluding hydrogens is 326 g/mol. The number of hydrogen-bond donors (Lipinski definition) is 1. The lowest BCUT2D eigenvalue weighted by Gasteiger charge is -2.24. The van der Waals surface area contributed by atoms with Crippen molar-refractivity contribution in [2.75, 3.05) is 13.7 Å². The Morgan fingerprint density at radius 3 is 2.52 bits per heavy atom. The molecular formula is C18H22BrNO. The normalized spacial score (nSPS) is 13.7. The predicted molar refractivity (Wildman–Crippen MR) is 91.7 cm³/mol. The molecule has 3 heteroatoms. The van der Waals surface area contributed by atoms with Crippen LogP contribution in [0.5, 0.6) is 5.75 Å². The summed E-state index contributed by atoms with van der Waals surface area (Å²) in [5.41, 5.74) is 1.33. The van der Waals surface area contributed by atoms with E-state index in [1.807, 2.05) is 31.3 Å². The van der Waals surface area contributed by atoms with E-state index in [1.165, 1.54) is 5.56 Å². The monoisotopic (exact) mass is 347 g/mol. The number of ether oxygens (including phenoxy) is 1. The first-order valence-electron chi connectivity index (χ1n) is 7.31. The van der Waals surface area contributed by atoms with E-state index in [0.717, 1.165) is 23.2 Å². The van der Waals surface area contributed by atoms with E-state index in [0.29, 0.717) is 12.0 Å². The molecule has 0 aliphatic rings. The Labute approximate surface area is 135 Å². The van der Waals surface area contributed by atoms with Gasteiger partial charge in [-0.2, -0.15) is 0 Å². The molecule has 0 amide bonds. The molecule has 0 aliphatic carbocycles. The highest BCUT2D eigenvalue weighted by atomic mass is 79.9. The minimum atomic E-state index is 0.359. The molecule has 0 aromatic heterocycles. The second-order valence-electron chi connectivity index (χ2n) is 5.25. The Bertz CT molecular complexity index is 544. The van der Waals surface area contributed by atoms with Crippen LogP contribution in [0.25, 0.3) is 0 Å². The van der Waals surface area contributed by atoms with Gasteiger partial charge < -0.3 is 10.1 Å². The summed E-state index contributed by atoms with van der Waals surface area (Å²) < 4.78 is 6.88. The molecule has 1 N–H and O–H groups in total. The van der Waals surface area contributed by atoms with Crippen molar-refractivity contribution in [2.24, 2.45) is 5.92 Å². The number of benzene rings is 2. The lowest BCUT2D eigenvalue weighted by Crippen LogP contribution is -2.24. The molecule has 0 fully saturated rings. The van der Waals surface area contributed by atoms with Crippen molar-refractivity contribution in [3.63, 3.8) is 0 Å². The standard InChI is InChI=1S/C18H22BrNO/c1-14(18(20-2)15-7-4-3-5-8-15)11-12-21-17-10-6-9-16(19)13-17/h3-10,13-14,18,20H,11-12H2,1-2H3. The molecule has 2 nitrogen and oxygen atoms in total. The smallest absolute Gasteiger partial charge is 0.120 e. The van der Waals surface area contributed by atoms with Crippen LogP contribution in [0.3, 0.4) is 0 Å². The third-order valence-electron chi connectivity index (χ3n) is 3.68. The molecule has 0 bridgehead atoms. The van der Waals surface area contributed by atoms with Crippen molar-refractivity contribution in [2.45, 2.75) is 19.4 Å². The van der Waals surface area contributed by atoms with E-state index in [-0.39, 0.29) is 0 Å². The van der Waals surface area contributed by atoms with Gasteiger partial charge in [-0.1, -0.05) is 59.3 Å². The third-order valence-corrected chi connectivity index (χ3v) is 4.17. The van der Waals surface area contributed by atoms with E-state index in [4.69, 9.17) is 4.74 Å². The van der Waals surface area contributed by atoms with Crippen molar-refractivity contribution in [3.8, 4) is 5.75 Å². The minimum Gasteiger partial charge on any atom is -0.494 e. The van der Waals surface area contributed by atoms with Gasteiger partial charge in [-0.3, -0.25) is 0 Å². The SMILES string of the molecule is CNC(c1ccccc1)C(C)CCOc1cccc(Br)c1. The quantitative estimate of drug-likeness (QED) is 0.775. The molecule has 2 unspecified atom stereocenters. The summed E-state index contributed by atoms with van der Waals surface area (Å²) in [4.78, 5) is 0. The van der Waals surface area contributed by atoms with Gasteiger partial charge in [0.05, 0.1) is 6.61 Å². The molecule has 0 aliphatic heterocycles. The van der Waals surface area contributed by atoms with Crippen LogP contribution in [0.2, 0.25) is 0 Å². The summed E-state index contributed by atoms with van der Waals surface area (Å²) in [5.74, 6) is 1.42. The van der Waals surface area contributed by atoms with Crippen LogP contribution in [0.1, 0.15) is 24.9 Å². The van der Waals surface area contributed by atoms with Crippen LogP contribution >= 0.6 is 15.9 Å². The van der Waals surface area contributed by atoms with Crippen LogP contribution in [0.4, 0.5) is 0 Å². The topological polar surface area (TPSA) is 21.3 Å². The van der Waals surface area contributed by atoms with Crippen molar-refractivity contribution in [1.82, 2.24) is 5.32 Å². The van der Waals surface area contributed by atoms with Crippen molar-refractivity contribution >= 4 is 15.9 Å². The summed E-state index contributed by atoms with van der Waals surface area (Å²) in [5, 5.41) is 3.41. The van der Waals surface area contributed by atoms with E-state index in [2.05, 4.69) is 58.5 Å². The fourth-order valence-corrected chi connectivity index (χ4v) is 2.90. The molecule has 0 saturated heterocycles. The zero-order valence-electron chi connectivity index (χ0n) is 12.6. The minimum absolute atomic E-state index is 0.359. The van der Waals surface area contributed by atoms with Crippen LogP contribution in [0.15, 0.2) is 59.1 Å². The fraction of sp³-hybridized carbons (Fsp3) is 0.333. The van der Waals surface area contributed by atoms with Gasteiger partial charge in [0.15, 0.2) is 0 Å². The van der Waals surface area contributed by atoms with Gasteiger partial charge in [0.1, 0.15) is 5.75 Å². The van der Waals surface area contributed by atoms with E-state index in [9.17, 15) is 0 Å². The third kappa shape index (κ3) is 4.87. The number of nitrogens with one attached hydrogen (secondary N) is 1. The van der Waals surface area contributed by atoms with Gasteiger partial charge in [-0.25, -0.2) is 0 Å². The van der Waals surface area contributed by atoms with Crippen molar-refractivity contribution < 1.29 is 4.74 Å². The van der Waals surface area contributed by atoms with Gasteiger partial charge in [-0.15, -0.1) is 0 Å². The first-order valence-corrected chi connectivity index (χ1v) is 8.10. The molecule has 21 heavy (non-hydrogen) atoms. The zero-order valence-corrected chi connectivity index (χ0v) is 14.1. The van der Waals surface area contributed by atoms with Gasteiger partial charge in [-0.05, 0) is 43.1 Å². The maximum absolute atomic E-state index is 5.83. The highest BCUT2D eigenvalue weighted by molar-refractivity contribution is 9.10. The van der Waals surface area contributed by atoms with Gasteiger partial charge in [0.25, 0.3) is 0 Å². The molecule has 0 radical (unpaired) electrons. The summed E-state index contributed by atoms with van der Waals surface area (Å²) in [6, 6.07) is 18.9. The lowest BCUT2D eigenvalue weighted by molar-refractivity contribution is 0.260.